The Bertz CT molecular complexity index is 1150. The molecular formula is C26H31FN4O4. The normalized spacial score (nSPS) is 20.1. The smallest absolute Gasteiger partial charge is 0.410 e. The van der Waals surface area contributed by atoms with Crippen molar-refractivity contribution in [2.45, 2.75) is 46.1 Å². The fourth-order valence-electron chi connectivity index (χ4n) is 4.55. The predicted molar refractivity (Wildman–Crippen MR) is 130 cm³/mol. The van der Waals surface area contributed by atoms with Crippen molar-refractivity contribution in [1.29, 1.82) is 0 Å². The van der Waals surface area contributed by atoms with E-state index in [1.165, 1.54) is 43.6 Å². The number of allylic oxidation sites excluding steroid dienone is 1. The first-order valence-electron chi connectivity index (χ1n) is 11.7. The van der Waals surface area contributed by atoms with E-state index in [1.807, 2.05) is 20.8 Å². The van der Waals surface area contributed by atoms with E-state index in [2.05, 4.69) is 14.9 Å². The lowest BCUT2D eigenvalue weighted by molar-refractivity contribution is -0.112. The van der Waals surface area contributed by atoms with Crippen LogP contribution in [0.1, 0.15) is 46.1 Å². The Hall–Kier alpha value is -3.49. The van der Waals surface area contributed by atoms with E-state index < -0.39 is 11.4 Å². The molecule has 2 aliphatic heterocycles. The molecule has 1 unspecified atom stereocenters. The van der Waals surface area contributed by atoms with Gasteiger partial charge in [-0.2, -0.15) is 0 Å². The number of hydrogen-bond acceptors (Lipinski definition) is 7. The number of benzene rings is 1. The van der Waals surface area contributed by atoms with Gasteiger partial charge in [0.2, 0.25) is 0 Å². The number of carbonyl (C=O) groups excluding carboxylic acids is 2. The first-order chi connectivity index (χ1) is 16.5. The molecule has 1 spiro atoms. The third-order valence-corrected chi connectivity index (χ3v) is 6.18. The minimum absolute atomic E-state index is 0.0373. The highest BCUT2D eigenvalue weighted by Crippen LogP contribution is 2.43. The van der Waals surface area contributed by atoms with Crippen molar-refractivity contribution in [3.05, 3.63) is 48.2 Å². The van der Waals surface area contributed by atoms with Gasteiger partial charge in [-0.1, -0.05) is 0 Å². The summed E-state index contributed by atoms with van der Waals surface area (Å²) in [6, 6.07) is 4.14. The summed E-state index contributed by atoms with van der Waals surface area (Å²) in [7, 11) is 0. The molecule has 8 nitrogen and oxygen atoms in total. The second kappa shape index (κ2) is 9.64. The van der Waals surface area contributed by atoms with Crippen LogP contribution in [0.15, 0.2) is 36.8 Å². The Kier molecular flexibility index (Phi) is 6.78. The number of aromatic nitrogens is 2. The van der Waals surface area contributed by atoms with Crippen LogP contribution in [0.5, 0.6) is 11.5 Å². The van der Waals surface area contributed by atoms with Gasteiger partial charge in [-0.3, -0.25) is 4.79 Å². The number of halogens is 1. The first-order valence-corrected chi connectivity index (χ1v) is 11.7. The Morgan fingerprint density at radius 1 is 1.14 bits per heavy atom. The number of ether oxygens (including phenoxy) is 2. The number of likely N-dealkylation sites (tertiary alicyclic amines) is 1. The van der Waals surface area contributed by atoms with Crippen molar-refractivity contribution in [2.24, 2.45) is 5.41 Å². The molecule has 9 heteroatoms. The van der Waals surface area contributed by atoms with Gasteiger partial charge >= 0.3 is 6.09 Å². The fraction of sp³-hybridized carbons (Fsp3) is 0.462. The summed E-state index contributed by atoms with van der Waals surface area (Å²) >= 11 is 0. The molecule has 2 aliphatic rings. The molecule has 1 amide bonds. The van der Waals surface area contributed by atoms with E-state index in [9.17, 15) is 14.0 Å². The second-order valence-corrected chi connectivity index (χ2v) is 10.3. The molecular weight excluding hydrogens is 451 g/mol. The van der Waals surface area contributed by atoms with Gasteiger partial charge in [0.05, 0.1) is 6.20 Å². The van der Waals surface area contributed by atoms with E-state index >= 15 is 0 Å². The molecule has 4 rings (SSSR count). The summed E-state index contributed by atoms with van der Waals surface area (Å²) in [5.41, 5.74) is -0.123. The molecule has 35 heavy (non-hydrogen) atoms. The lowest BCUT2D eigenvalue weighted by atomic mass is 9.86. The van der Waals surface area contributed by atoms with Crippen molar-refractivity contribution in [3.63, 3.8) is 0 Å². The van der Waals surface area contributed by atoms with Gasteiger partial charge in [0.1, 0.15) is 23.5 Å². The molecule has 0 radical (unpaired) electrons. The van der Waals surface area contributed by atoms with E-state index in [4.69, 9.17) is 9.47 Å². The number of amides is 1. The van der Waals surface area contributed by atoms with Crippen molar-refractivity contribution in [1.82, 2.24) is 14.9 Å². The maximum Gasteiger partial charge on any atom is 0.410 e. The SMILES string of the molecule is CC(=O)/C=C/c1cc(F)ccc1Oc1cncnc1N1CCC2(CCN(C(=O)OC(C)(C)C)C2)C1. The highest BCUT2D eigenvalue weighted by molar-refractivity contribution is 5.91. The summed E-state index contributed by atoms with van der Waals surface area (Å²) in [4.78, 5) is 36.5. The van der Waals surface area contributed by atoms with Crippen LogP contribution >= 0.6 is 0 Å². The van der Waals surface area contributed by atoms with Gasteiger partial charge in [0.15, 0.2) is 17.4 Å². The fourth-order valence-corrected chi connectivity index (χ4v) is 4.55. The topological polar surface area (TPSA) is 84.9 Å². The van der Waals surface area contributed by atoms with E-state index in [0.717, 1.165) is 25.9 Å². The Morgan fingerprint density at radius 2 is 1.91 bits per heavy atom. The monoisotopic (exact) mass is 482 g/mol. The zero-order valence-corrected chi connectivity index (χ0v) is 20.6. The van der Waals surface area contributed by atoms with E-state index in [0.29, 0.717) is 36.0 Å². The van der Waals surface area contributed by atoms with Crippen LogP contribution in [0.3, 0.4) is 0 Å². The van der Waals surface area contributed by atoms with Crippen molar-refractivity contribution in [3.8, 4) is 11.5 Å². The maximum atomic E-state index is 13.8. The third-order valence-electron chi connectivity index (χ3n) is 6.18. The number of hydrogen-bond donors (Lipinski definition) is 0. The van der Waals surface area contributed by atoms with Gasteiger partial charge in [-0.25, -0.2) is 19.2 Å². The van der Waals surface area contributed by atoms with Gasteiger partial charge in [-0.05, 0) is 70.9 Å². The van der Waals surface area contributed by atoms with Gasteiger partial charge in [-0.15, -0.1) is 0 Å². The Balaban J connectivity index is 1.51. The lowest BCUT2D eigenvalue weighted by Gasteiger charge is -2.27. The lowest BCUT2D eigenvalue weighted by Crippen LogP contribution is -2.37. The average Bonchev–Trinajstić information content (AvgIpc) is 3.40. The number of nitrogens with zero attached hydrogens (tertiary/aromatic N) is 4. The second-order valence-electron chi connectivity index (χ2n) is 10.3. The number of anilines is 1. The Morgan fingerprint density at radius 3 is 2.66 bits per heavy atom. The summed E-state index contributed by atoms with van der Waals surface area (Å²) in [6.45, 7) is 9.81. The van der Waals surface area contributed by atoms with Crippen molar-refractivity contribution in [2.75, 3.05) is 31.1 Å². The summed E-state index contributed by atoms with van der Waals surface area (Å²) in [5.74, 6) is 0.894. The van der Waals surface area contributed by atoms with Crippen LogP contribution in [-0.2, 0) is 9.53 Å². The van der Waals surface area contributed by atoms with Crippen LogP contribution in [0.4, 0.5) is 15.0 Å². The van der Waals surface area contributed by atoms with Crippen LogP contribution in [-0.4, -0.2) is 58.5 Å². The number of ketones is 1. The predicted octanol–water partition coefficient (Wildman–Crippen LogP) is 4.85. The van der Waals surface area contributed by atoms with Crippen LogP contribution in [0.25, 0.3) is 6.08 Å². The standard InChI is InChI=1S/C26H31FN4O4/c1-18(32)5-6-19-13-20(27)7-8-21(19)34-22-14-28-17-29-23(22)30-11-9-26(15-30)10-12-31(16-26)24(33)35-25(2,3)4/h5-8,13-14,17H,9-12,15-16H2,1-4H3/b6-5+. The largest absolute Gasteiger partial charge is 0.451 e. The van der Waals surface area contributed by atoms with E-state index in [-0.39, 0.29) is 17.3 Å². The van der Waals surface area contributed by atoms with Crippen molar-refractivity contribution < 1.29 is 23.5 Å². The maximum absolute atomic E-state index is 13.8. The molecule has 3 heterocycles. The molecule has 2 saturated heterocycles. The zero-order chi connectivity index (χ0) is 25.2. The quantitative estimate of drug-likeness (QED) is 0.564. The third kappa shape index (κ3) is 5.96. The Labute approximate surface area is 204 Å². The summed E-state index contributed by atoms with van der Waals surface area (Å²) < 4.78 is 25.5. The van der Waals surface area contributed by atoms with Gasteiger partial charge in [0.25, 0.3) is 0 Å². The molecule has 1 aromatic heterocycles. The molecule has 1 atom stereocenters. The molecule has 1 aromatic carbocycles. The zero-order valence-electron chi connectivity index (χ0n) is 20.6. The molecule has 2 aromatic rings. The van der Waals surface area contributed by atoms with Gasteiger partial charge < -0.3 is 19.3 Å². The number of rotatable bonds is 5. The molecule has 0 saturated carbocycles. The van der Waals surface area contributed by atoms with Crippen LogP contribution < -0.4 is 9.64 Å². The highest BCUT2D eigenvalue weighted by atomic mass is 19.1. The summed E-state index contributed by atoms with van der Waals surface area (Å²) in [6.07, 6.45) is 7.47. The molecule has 0 aliphatic carbocycles. The first kappa shape index (κ1) is 24.6. The van der Waals surface area contributed by atoms with E-state index in [1.54, 1.807) is 11.1 Å². The molecule has 186 valence electrons. The van der Waals surface area contributed by atoms with Crippen LogP contribution in [0, 0.1) is 11.2 Å². The number of carbonyl (C=O) groups is 2. The molecule has 0 N–H and O–H groups in total. The molecule has 0 bridgehead atoms. The summed E-state index contributed by atoms with van der Waals surface area (Å²) in [5, 5.41) is 0. The van der Waals surface area contributed by atoms with Gasteiger partial charge in [0, 0.05) is 37.2 Å². The van der Waals surface area contributed by atoms with Crippen molar-refractivity contribution >= 4 is 23.8 Å². The highest BCUT2D eigenvalue weighted by Gasteiger charge is 2.46. The molecule has 2 fully saturated rings. The average molecular weight is 483 g/mol. The minimum atomic E-state index is -0.527. The minimum Gasteiger partial charge on any atom is -0.451 e. The van der Waals surface area contributed by atoms with Crippen LogP contribution in [0.2, 0.25) is 0 Å².